The first-order chi connectivity index (χ1) is 30.0. The van der Waals surface area contributed by atoms with Crippen LogP contribution in [0.15, 0.2) is 119 Å². The maximum atomic E-state index is 15.2. The quantitative estimate of drug-likeness (QED) is 0.113. The third-order valence-electron chi connectivity index (χ3n) is 16.2. The van der Waals surface area contributed by atoms with Gasteiger partial charge in [-0.2, -0.15) is 13.2 Å². The molecular weight excluding hydrogens is 847 g/mol. The third-order valence-corrected chi connectivity index (χ3v) is 17.5. The minimum atomic E-state index is -4.61. The van der Waals surface area contributed by atoms with Crippen LogP contribution >= 0.6 is 22.9 Å². The lowest BCUT2D eigenvalue weighted by Crippen LogP contribution is -2.67. The average molecular weight is 896 g/mol. The van der Waals surface area contributed by atoms with E-state index in [1.165, 1.54) is 18.2 Å². The molecule has 328 valence electrons. The van der Waals surface area contributed by atoms with E-state index < -0.39 is 45.8 Å². The molecule has 3 fully saturated rings. The van der Waals surface area contributed by atoms with Crippen LogP contribution in [0.5, 0.6) is 5.75 Å². The van der Waals surface area contributed by atoms with Crippen LogP contribution in [0.1, 0.15) is 79.8 Å². The Labute approximate surface area is 373 Å². The molecule has 0 saturated heterocycles. The molecule has 0 radical (unpaired) electrons. The Morgan fingerprint density at radius 2 is 1.67 bits per heavy atom. The second-order valence-electron chi connectivity index (χ2n) is 19.1. The summed E-state index contributed by atoms with van der Waals surface area (Å²) < 4.78 is 53.5. The number of hydrogen-bond acceptors (Lipinski definition) is 7. The number of carbonyl (C=O) groups is 2. The molecule has 3 aromatic carbocycles. The van der Waals surface area contributed by atoms with Crippen LogP contribution in [-0.4, -0.2) is 51.8 Å². The number of nitrogens with zero attached hydrogens (tertiary/aromatic N) is 1. The van der Waals surface area contributed by atoms with Gasteiger partial charge in [0.1, 0.15) is 11.5 Å². The van der Waals surface area contributed by atoms with Crippen molar-refractivity contribution in [2.75, 3.05) is 13.1 Å². The van der Waals surface area contributed by atoms with E-state index in [0.717, 1.165) is 34.2 Å². The molecule has 12 heteroatoms. The number of ether oxygens (including phenoxy) is 1. The van der Waals surface area contributed by atoms with E-state index in [0.29, 0.717) is 62.8 Å². The van der Waals surface area contributed by atoms with Gasteiger partial charge < -0.3 is 24.3 Å². The highest BCUT2D eigenvalue weighted by atomic mass is 35.5. The standard InChI is InChI=1S/C51H49ClF3NO6S/c1-46-19-15-34(57)28-48(46)22-23-50(38(29-48)44(58)41-14-13-40(62-41)37-27-33(51(53,54)55)10-12-39(37)52)42(46)16-20-47(2)43(50)17-21-49(47,60)30-56(24-18-36-8-5-25-63-36)45(59)61-35-11-9-31-6-3-4-7-32(31)26-35/h3-14,22-23,25-27,29,34,42-43,57,60H,15-21,24,28,30H2,1-2H3. The third kappa shape index (κ3) is 6.58. The van der Waals surface area contributed by atoms with Crippen molar-refractivity contribution >= 4 is 45.6 Å². The minimum Gasteiger partial charge on any atom is -0.453 e. The van der Waals surface area contributed by atoms with Gasteiger partial charge in [0.05, 0.1) is 28.8 Å². The molecule has 2 bridgehead atoms. The number of rotatable bonds is 9. The first kappa shape index (κ1) is 42.3. The van der Waals surface area contributed by atoms with Crippen molar-refractivity contribution < 1.29 is 42.1 Å². The van der Waals surface area contributed by atoms with Gasteiger partial charge >= 0.3 is 12.3 Å². The molecule has 2 spiro atoms. The van der Waals surface area contributed by atoms with Crippen molar-refractivity contribution in [2.45, 2.75) is 83.1 Å². The second kappa shape index (κ2) is 14.9. The zero-order valence-corrected chi connectivity index (χ0v) is 36.7. The lowest BCUT2D eigenvalue weighted by molar-refractivity contribution is -0.175. The van der Waals surface area contributed by atoms with E-state index in [1.54, 1.807) is 22.3 Å². The highest BCUT2D eigenvalue weighted by molar-refractivity contribution is 7.09. The first-order valence-electron chi connectivity index (χ1n) is 21.8. The summed E-state index contributed by atoms with van der Waals surface area (Å²) in [6.07, 6.45) is 5.48. The van der Waals surface area contributed by atoms with Crippen molar-refractivity contribution in [3.05, 3.63) is 135 Å². The monoisotopic (exact) mass is 895 g/mol. The van der Waals surface area contributed by atoms with E-state index in [1.807, 2.05) is 53.9 Å². The molecule has 2 heterocycles. The molecule has 1 amide bonds. The number of thiophene rings is 1. The molecule has 8 unspecified atom stereocenters. The maximum Gasteiger partial charge on any atom is 0.416 e. The Morgan fingerprint density at radius 1 is 0.905 bits per heavy atom. The van der Waals surface area contributed by atoms with Gasteiger partial charge in [0, 0.05) is 38.8 Å². The summed E-state index contributed by atoms with van der Waals surface area (Å²) in [7, 11) is 0. The Bertz CT molecular complexity index is 2690. The predicted octanol–water partition coefficient (Wildman–Crippen LogP) is 12.4. The molecule has 2 N–H and O–H groups in total. The normalized spacial score (nSPS) is 31.9. The SMILES string of the molecule is CC12CCC(O)CC13C=CC1(C(C(=O)c4ccc(-c5cc(C(F)(F)F)ccc5Cl)o4)=C3)C2CCC2(C)C1CCC2(O)CN(CCc1cccs1)C(=O)Oc1ccc2ccccc2c1. The molecule has 7 nitrogen and oxygen atoms in total. The number of furan rings is 1. The average Bonchev–Trinajstić information content (AvgIpc) is 4.02. The van der Waals surface area contributed by atoms with Crippen LogP contribution in [0.4, 0.5) is 18.0 Å². The minimum absolute atomic E-state index is 0.0213. The molecule has 63 heavy (non-hydrogen) atoms. The van der Waals surface area contributed by atoms with Crippen molar-refractivity contribution in [2.24, 2.45) is 33.5 Å². The maximum absolute atomic E-state index is 15.2. The van der Waals surface area contributed by atoms with Crippen LogP contribution in [-0.2, 0) is 12.6 Å². The van der Waals surface area contributed by atoms with Crippen LogP contribution in [0.25, 0.3) is 22.1 Å². The summed E-state index contributed by atoms with van der Waals surface area (Å²) in [5, 5.41) is 28.4. The molecule has 2 aromatic heterocycles. The number of benzene rings is 3. The number of Topliss-reactive ketones (excluding diaryl/α,β-unsaturated/α-hetero) is 1. The zero-order valence-electron chi connectivity index (χ0n) is 35.1. The van der Waals surface area contributed by atoms with E-state index in [4.69, 9.17) is 20.8 Å². The number of alkyl halides is 3. The highest BCUT2D eigenvalue weighted by Gasteiger charge is 2.74. The fourth-order valence-electron chi connectivity index (χ4n) is 12.9. The van der Waals surface area contributed by atoms with E-state index in [9.17, 15) is 28.2 Å². The first-order valence-corrected chi connectivity index (χ1v) is 23.1. The smallest absolute Gasteiger partial charge is 0.416 e. The molecule has 5 aromatic rings. The number of fused-ring (bicyclic) bond motifs is 2. The fraction of sp³-hybridized carbons (Fsp3) is 0.412. The van der Waals surface area contributed by atoms with Crippen LogP contribution in [0, 0.1) is 33.5 Å². The Hall–Kier alpha value is -4.68. The van der Waals surface area contributed by atoms with Gasteiger partial charge in [-0.15, -0.1) is 11.3 Å². The van der Waals surface area contributed by atoms with Crippen molar-refractivity contribution in [3.63, 3.8) is 0 Å². The summed E-state index contributed by atoms with van der Waals surface area (Å²) in [4.78, 5) is 32.3. The summed E-state index contributed by atoms with van der Waals surface area (Å²) in [5.41, 5.74) is -4.22. The lowest BCUT2D eigenvalue weighted by Gasteiger charge is -2.71. The van der Waals surface area contributed by atoms with Gasteiger partial charge in [-0.1, -0.05) is 80.1 Å². The van der Waals surface area contributed by atoms with Crippen molar-refractivity contribution in [1.29, 1.82) is 0 Å². The molecule has 3 saturated carbocycles. The largest absolute Gasteiger partial charge is 0.453 e. The summed E-state index contributed by atoms with van der Waals surface area (Å²) >= 11 is 8.03. The van der Waals surface area contributed by atoms with Crippen LogP contribution < -0.4 is 4.74 Å². The Balaban J connectivity index is 1.01. The van der Waals surface area contributed by atoms with Crippen molar-refractivity contribution in [3.8, 4) is 17.1 Å². The fourth-order valence-corrected chi connectivity index (χ4v) is 13.8. The molecular formula is C51H49ClF3NO6S. The molecule has 11 rings (SSSR count). The summed E-state index contributed by atoms with van der Waals surface area (Å²) in [5.74, 6) is -0.201. The van der Waals surface area contributed by atoms with Gasteiger partial charge in [-0.25, -0.2) is 4.79 Å². The highest BCUT2D eigenvalue weighted by Crippen LogP contribution is 2.78. The molecule has 0 aliphatic heterocycles. The van der Waals surface area contributed by atoms with Crippen LogP contribution in [0.2, 0.25) is 5.02 Å². The molecule has 6 aliphatic carbocycles. The van der Waals surface area contributed by atoms with Gasteiger partial charge in [0.15, 0.2) is 5.76 Å². The van der Waals surface area contributed by atoms with Gasteiger partial charge in [-0.05, 0) is 133 Å². The second-order valence-corrected chi connectivity index (χ2v) is 20.6. The lowest BCUT2D eigenvalue weighted by atomic mass is 9.32. The topological polar surface area (TPSA) is 100 Å². The summed E-state index contributed by atoms with van der Waals surface area (Å²) in [6.45, 7) is 4.76. The zero-order chi connectivity index (χ0) is 44.2. The number of amides is 1. The Kier molecular flexibility index (Phi) is 10.0. The summed E-state index contributed by atoms with van der Waals surface area (Å²) in [6, 6.07) is 23.4. The number of carbonyl (C=O) groups excluding carboxylic acids is 2. The van der Waals surface area contributed by atoms with Gasteiger partial charge in [-0.3, -0.25) is 4.79 Å². The number of hydrogen-bond donors (Lipinski definition) is 2. The van der Waals surface area contributed by atoms with Crippen LogP contribution in [0.3, 0.4) is 0 Å². The molecule has 8 atom stereocenters. The predicted molar refractivity (Wildman–Crippen MR) is 237 cm³/mol. The number of aliphatic hydroxyl groups is 2. The molecule has 6 aliphatic rings. The van der Waals surface area contributed by atoms with E-state index in [-0.39, 0.29) is 51.7 Å². The van der Waals surface area contributed by atoms with E-state index in [2.05, 4.69) is 32.1 Å². The number of allylic oxidation sites excluding steroid dienone is 4. The van der Waals surface area contributed by atoms with Gasteiger partial charge in [0.2, 0.25) is 5.78 Å². The van der Waals surface area contributed by atoms with Gasteiger partial charge in [0.25, 0.3) is 0 Å². The van der Waals surface area contributed by atoms with Crippen molar-refractivity contribution in [1.82, 2.24) is 4.90 Å². The number of halogens is 4. The Morgan fingerprint density at radius 3 is 2.44 bits per heavy atom. The van der Waals surface area contributed by atoms with E-state index >= 15 is 4.79 Å². The number of ketones is 1. The number of aliphatic hydroxyl groups excluding tert-OH is 1.